The minimum Gasteiger partial charge on any atom is -0.406 e. The number of amides is 1. The van der Waals surface area contributed by atoms with Gasteiger partial charge in [-0.15, -0.1) is 13.2 Å². The number of rotatable bonds is 7. The smallest absolute Gasteiger partial charge is 0.406 e. The van der Waals surface area contributed by atoms with Crippen molar-refractivity contribution in [1.29, 1.82) is 0 Å². The Kier molecular flexibility index (Phi) is 5.28. The summed E-state index contributed by atoms with van der Waals surface area (Å²) < 4.78 is 39.8. The van der Waals surface area contributed by atoms with Gasteiger partial charge in [-0.1, -0.05) is 12.1 Å². The molecule has 4 nitrogen and oxygen atoms in total. The van der Waals surface area contributed by atoms with Crippen LogP contribution < -0.4 is 15.8 Å². The summed E-state index contributed by atoms with van der Waals surface area (Å²) in [6.07, 6.45) is -1.71. The second-order valence-corrected chi connectivity index (χ2v) is 5.50. The average molecular weight is 316 g/mol. The third kappa shape index (κ3) is 5.93. The molecular weight excluding hydrogens is 297 g/mol. The molecule has 1 saturated carbocycles. The van der Waals surface area contributed by atoms with Gasteiger partial charge in [0, 0.05) is 19.0 Å². The SMILES string of the molecule is NC(CNC(=O)CCc1ccc(OC(F)(F)F)cc1)C1CC1. The molecule has 0 aliphatic heterocycles. The highest BCUT2D eigenvalue weighted by atomic mass is 19.4. The van der Waals surface area contributed by atoms with Crippen LogP contribution in [0.15, 0.2) is 24.3 Å². The highest BCUT2D eigenvalue weighted by molar-refractivity contribution is 5.76. The van der Waals surface area contributed by atoms with Crippen LogP contribution in [0.2, 0.25) is 0 Å². The minimum absolute atomic E-state index is 0.0164. The molecular formula is C15H19F3N2O2. The Morgan fingerprint density at radius 2 is 1.95 bits per heavy atom. The molecule has 22 heavy (non-hydrogen) atoms. The number of alkyl halides is 3. The number of hydrogen-bond donors (Lipinski definition) is 2. The highest BCUT2D eigenvalue weighted by Gasteiger charge is 2.31. The molecule has 0 heterocycles. The number of hydrogen-bond acceptors (Lipinski definition) is 3. The van der Waals surface area contributed by atoms with E-state index in [4.69, 9.17) is 5.73 Å². The molecule has 1 unspecified atom stereocenters. The van der Waals surface area contributed by atoms with Crippen LogP contribution in [0, 0.1) is 5.92 Å². The fourth-order valence-electron chi connectivity index (χ4n) is 2.13. The number of aryl methyl sites for hydroxylation is 1. The second kappa shape index (κ2) is 7.00. The number of halogens is 3. The fraction of sp³-hybridized carbons (Fsp3) is 0.533. The van der Waals surface area contributed by atoms with Gasteiger partial charge in [-0.05, 0) is 42.9 Å². The summed E-state index contributed by atoms with van der Waals surface area (Å²) in [4.78, 5) is 11.7. The Bertz CT molecular complexity index is 499. The lowest BCUT2D eigenvalue weighted by Crippen LogP contribution is -2.38. The van der Waals surface area contributed by atoms with Crippen molar-refractivity contribution in [2.45, 2.75) is 38.1 Å². The van der Waals surface area contributed by atoms with Crippen molar-refractivity contribution in [2.24, 2.45) is 11.7 Å². The summed E-state index contributed by atoms with van der Waals surface area (Å²) in [5.41, 5.74) is 6.66. The van der Waals surface area contributed by atoms with Gasteiger partial charge in [-0.2, -0.15) is 0 Å². The van der Waals surface area contributed by atoms with E-state index < -0.39 is 6.36 Å². The van der Waals surface area contributed by atoms with Crippen molar-refractivity contribution < 1.29 is 22.7 Å². The van der Waals surface area contributed by atoms with E-state index in [-0.39, 0.29) is 24.1 Å². The normalized spacial score (nSPS) is 16.2. The average Bonchev–Trinajstić information content (AvgIpc) is 3.27. The molecule has 1 aliphatic rings. The van der Waals surface area contributed by atoms with E-state index in [2.05, 4.69) is 10.1 Å². The zero-order valence-corrected chi connectivity index (χ0v) is 12.0. The zero-order chi connectivity index (χ0) is 16.2. The maximum atomic E-state index is 12.0. The van der Waals surface area contributed by atoms with Crippen molar-refractivity contribution in [3.05, 3.63) is 29.8 Å². The first-order valence-corrected chi connectivity index (χ1v) is 7.20. The van der Waals surface area contributed by atoms with Gasteiger partial charge in [0.05, 0.1) is 0 Å². The lowest BCUT2D eigenvalue weighted by atomic mass is 10.1. The van der Waals surface area contributed by atoms with Crippen molar-refractivity contribution >= 4 is 5.91 Å². The van der Waals surface area contributed by atoms with Crippen molar-refractivity contribution in [1.82, 2.24) is 5.32 Å². The summed E-state index contributed by atoms with van der Waals surface area (Å²) in [7, 11) is 0. The lowest BCUT2D eigenvalue weighted by molar-refractivity contribution is -0.274. The van der Waals surface area contributed by atoms with Gasteiger partial charge in [-0.3, -0.25) is 4.79 Å². The number of carbonyl (C=O) groups excluding carboxylic acids is 1. The summed E-state index contributed by atoms with van der Waals surface area (Å²) in [6.45, 7) is 0.474. The summed E-state index contributed by atoms with van der Waals surface area (Å²) >= 11 is 0. The molecule has 0 bridgehead atoms. The maximum Gasteiger partial charge on any atom is 0.573 e. The molecule has 2 rings (SSSR count). The molecule has 0 spiro atoms. The standard InChI is InChI=1S/C15H19F3N2O2/c16-15(17,18)22-12-6-1-10(2-7-12)3-8-14(21)20-9-13(19)11-4-5-11/h1-2,6-7,11,13H,3-5,8-9,19H2,(H,20,21). The van der Waals surface area contributed by atoms with E-state index in [0.29, 0.717) is 18.9 Å². The van der Waals surface area contributed by atoms with E-state index in [0.717, 1.165) is 18.4 Å². The Morgan fingerprint density at radius 3 is 2.50 bits per heavy atom. The van der Waals surface area contributed by atoms with Gasteiger partial charge in [0.2, 0.25) is 5.91 Å². The highest BCUT2D eigenvalue weighted by Crippen LogP contribution is 2.31. The van der Waals surface area contributed by atoms with Crippen molar-refractivity contribution in [3.63, 3.8) is 0 Å². The van der Waals surface area contributed by atoms with Gasteiger partial charge >= 0.3 is 6.36 Å². The third-order valence-corrected chi connectivity index (χ3v) is 3.56. The van der Waals surface area contributed by atoms with Crippen LogP contribution in [0.5, 0.6) is 5.75 Å². The number of benzene rings is 1. The Morgan fingerprint density at radius 1 is 1.32 bits per heavy atom. The molecule has 122 valence electrons. The van der Waals surface area contributed by atoms with Crippen molar-refractivity contribution in [2.75, 3.05) is 6.54 Å². The Labute approximate surface area is 126 Å². The van der Waals surface area contributed by atoms with Gasteiger partial charge in [0.15, 0.2) is 0 Å². The molecule has 0 aromatic heterocycles. The predicted molar refractivity (Wildman–Crippen MR) is 75.2 cm³/mol. The van der Waals surface area contributed by atoms with Crippen LogP contribution in [0.1, 0.15) is 24.8 Å². The summed E-state index contributed by atoms with van der Waals surface area (Å²) in [5.74, 6) is 0.157. The number of carbonyl (C=O) groups is 1. The van der Waals surface area contributed by atoms with Crippen LogP contribution in [0.25, 0.3) is 0 Å². The van der Waals surface area contributed by atoms with Crippen molar-refractivity contribution in [3.8, 4) is 5.75 Å². The van der Waals surface area contributed by atoms with Crippen LogP contribution in [0.3, 0.4) is 0 Å². The molecule has 1 aliphatic carbocycles. The van der Waals surface area contributed by atoms with Gasteiger partial charge in [-0.25, -0.2) is 0 Å². The number of nitrogens with one attached hydrogen (secondary N) is 1. The third-order valence-electron chi connectivity index (χ3n) is 3.56. The first-order chi connectivity index (χ1) is 10.3. The molecule has 0 radical (unpaired) electrons. The first kappa shape index (κ1) is 16.6. The predicted octanol–water partition coefficient (Wildman–Crippen LogP) is 2.37. The molecule has 1 fully saturated rings. The molecule has 1 atom stereocenters. The first-order valence-electron chi connectivity index (χ1n) is 7.20. The summed E-state index contributed by atoms with van der Waals surface area (Å²) in [6, 6.07) is 5.53. The molecule has 1 amide bonds. The lowest BCUT2D eigenvalue weighted by Gasteiger charge is -2.12. The van der Waals surface area contributed by atoms with Crippen LogP contribution in [-0.2, 0) is 11.2 Å². The monoisotopic (exact) mass is 316 g/mol. The minimum atomic E-state index is -4.69. The second-order valence-electron chi connectivity index (χ2n) is 5.50. The van der Waals surface area contributed by atoms with E-state index in [1.165, 1.54) is 24.3 Å². The van der Waals surface area contributed by atoms with Gasteiger partial charge in [0.1, 0.15) is 5.75 Å². The topological polar surface area (TPSA) is 64.3 Å². The van der Waals surface area contributed by atoms with Gasteiger partial charge < -0.3 is 15.8 Å². The molecule has 7 heteroatoms. The van der Waals surface area contributed by atoms with E-state index in [1.54, 1.807) is 0 Å². The zero-order valence-electron chi connectivity index (χ0n) is 12.0. The fourth-order valence-corrected chi connectivity index (χ4v) is 2.13. The summed E-state index contributed by atoms with van der Waals surface area (Å²) in [5, 5.41) is 2.78. The Balaban J connectivity index is 1.70. The van der Waals surface area contributed by atoms with E-state index in [1.807, 2.05) is 0 Å². The Hall–Kier alpha value is -1.76. The largest absolute Gasteiger partial charge is 0.573 e. The van der Waals surface area contributed by atoms with Crippen LogP contribution >= 0.6 is 0 Å². The molecule has 3 N–H and O–H groups in total. The van der Waals surface area contributed by atoms with Crippen LogP contribution in [-0.4, -0.2) is 24.9 Å². The molecule has 1 aromatic rings. The quantitative estimate of drug-likeness (QED) is 0.812. The van der Waals surface area contributed by atoms with E-state index in [9.17, 15) is 18.0 Å². The number of nitrogens with two attached hydrogens (primary N) is 1. The van der Waals surface area contributed by atoms with Gasteiger partial charge in [0.25, 0.3) is 0 Å². The maximum absolute atomic E-state index is 12.0. The molecule has 0 saturated heterocycles. The van der Waals surface area contributed by atoms with E-state index >= 15 is 0 Å². The van der Waals surface area contributed by atoms with Crippen LogP contribution in [0.4, 0.5) is 13.2 Å². The molecule has 1 aromatic carbocycles. The number of ether oxygens (including phenoxy) is 1.